The molecule has 0 aliphatic carbocycles. The van der Waals surface area contributed by atoms with Crippen LogP contribution in [0.1, 0.15) is 42.2 Å². The molecule has 5 heteroatoms. The van der Waals surface area contributed by atoms with Crippen LogP contribution in [0.5, 0.6) is 5.75 Å². The highest BCUT2D eigenvalue weighted by Gasteiger charge is 2.32. The van der Waals surface area contributed by atoms with Crippen molar-refractivity contribution in [1.82, 2.24) is 0 Å². The number of carbonyl (C=O) groups is 1. The second-order valence-electron chi connectivity index (χ2n) is 4.73. The van der Waals surface area contributed by atoms with Gasteiger partial charge in [0, 0.05) is 18.0 Å². The predicted octanol–water partition coefficient (Wildman–Crippen LogP) is 2.37. The van der Waals surface area contributed by atoms with Gasteiger partial charge in [-0.15, -0.1) is 12.4 Å². The highest BCUT2D eigenvalue weighted by molar-refractivity contribution is 5.88. The molecule has 0 aromatic heterocycles. The molecule has 1 heterocycles. The molecule has 0 saturated carbocycles. The van der Waals surface area contributed by atoms with E-state index in [0.717, 1.165) is 5.56 Å². The van der Waals surface area contributed by atoms with Crippen molar-refractivity contribution in [3.63, 3.8) is 0 Å². The standard InChI is InChI=1S/C12H15NO3.ClH/c1-12(2)6-9(13)8-5-7(11(14)15)3-4-10(8)16-12;/h3-5,9H,6,13H2,1-2H3,(H,14,15);1H. The second kappa shape index (κ2) is 4.55. The lowest BCUT2D eigenvalue weighted by Gasteiger charge is -2.36. The lowest BCUT2D eigenvalue weighted by Crippen LogP contribution is -2.37. The second-order valence-corrected chi connectivity index (χ2v) is 4.73. The number of aromatic carboxylic acids is 1. The summed E-state index contributed by atoms with van der Waals surface area (Å²) in [5, 5.41) is 8.89. The number of carboxylic acids is 1. The van der Waals surface area contributed by atoms with Gasteiger partial charge in [0.2, 0.25) is 0 Å². The van der Waals surface area contributed by atoms with Crippen molar-refractivity contribution in [1.29, 1.82) is 0 Å². The summed E-state index contributed by atoms with van der Waals surface area (Å²) in [6.07, 6.45) is 0.684. The number of benzene rings is 1. The molecule has 0 saturated heterocycles. The molecular weight excluding hydrogens is 242 g/mol. The Bertz CT molecular complexity index is 445. The van der Waals surface area contributed by atoms with E-state index in [1.54, 1.807) is 12.1 Å². The summed E-state index contributed by atoms with van der Waals surface area (Å²) in [7, 11) is 0. The Kier molecular flexibility index (Phi) is 3.69. The summed E-state index contributed by atoms with van der Waals surface area (Å²) in [5.41, 5.74) is 6.75. The molecule has 0 radical (unpaired) electrons. The Morgan fingerprint density at radius 3 is 2.76 bits per heavy atom. The Morgan fingerprint density at radius 1 is 1.53 bits per heavy atom. The van der Waals surface area contributed by atoms with Crippen LogP contribution in [-0.4, -0.2) is 16.7 Å². The summed E-state index contributed by atoms with van der Waals surface area (Å²) in [5.74, 6) is -0.256. The van der Waals surface area contributed by atoms with Crippen molar-refractivity contribution in [2.45, 2.75) is 31.9 Å². The molecule has 0 amide bonds. The summed E-state index contributed by atoms with van der Waals surface area (Å²) in [6, 6.07) is 4.64. The van der Waals surface area contributed by atoms with Crippen molar-refractivity contribution in [2.24, 2.45) is 5.73 Å². The van der Waals surface area contributed by atoms with Crippen LogP contribution in [-0.2, 0) is 0 Å². The van der Waals surface area contributed by atoms with E-state index in [1.165, 1.54) is 6.07 Å². The molecule has 17 heavy (non-hydrogen) atoms. The summed E-state index contributed by atoms with van der Waals surface area (Å²) in [4.78, 5) is 10.8. The first-order chi connectivity index (χ1) is 7.39. The van der Waals surface area contributed by atoms with Gasteiger partial charge in [0.1, 0.15) is 11.4 Å². The van der Waals surface area contributed by atoms with E-state index in [-0.39, 0.29) is 29.6 Å². The summed E-state index contributed by atoms with van der Waals surface area (Å²) < 4.78 is 5.75. The zero-order valence-electron chi connectivity index (χ0n) is 9.77. The zero-order chi connectivity index (χ0) is 11.9. The van der Waals surface area contributed by atoms with Gasteiger partial charge in [-0.1, -0.05) is 0 Å². The first-order valence-corrected chi connectivity index (χ1v) is 5.21. The van der Waals surface area contributed by atoms with Crippen molar-refractivity contribution in [3.05, 3.63) is 29.3 Å². The molecule has 0 fully saturated rings. The van der Waals surface area contributed by atoms with Crippen LogP contribution in [0.2, 0.25) is 0 Å². The molecule has 0 spiro atoms. The third kappa shape index (κ3) is 2.70. The molecule has 1 unspecified atom stereocenters. The number of fused-ring (bicyclic) bond motifs is 1. The van der Waals surface area contributed by atoms with Gasteiger partial charge in [0.15, 0.2) is 0 Å². The molecule has 94 valence electrons. The monoisotopic (exact) mass is 257 g/mol. The number of rotatable bonds is 1. The molecule has 1 aromatic rings. The maximum Gasteiger partial charge on any atom is 0.335 e. The first-order valence-electron chi connectivity index (χ1n) is 5.21. The zero-order valence-corrected chi connectivity index (χ0v) is 10.6. The molecule has 3 N–H and O–H groups in total. The molecule has 4 nitrogen and oxygen atoms in total. The van der Waals surface area contributed by atoms with Crippen LogP contribution in [0.3, 0.4) is 0 Å². The van der Waals surface area contributed by atoms with Crippen LogP contribution >= 0.6 is 12.4 Å². The van der Waals surface area contributed by atoms with E-state index < -0.39 is 5.97 Å². The van der Waals surface area contributed by atoms with E-state index in [9.17, 15) is 4.79 Å². The van der Waals surface area contributed by atoms with E-state index in [1.807, 2.05) is 13.8 Å². The van der Waals surface area contributed by atoms with Crippen LogP contribution in [0.4, 0.5) is 0 Å². The quantitative estimate of drug-likeness (QED) is 0.810. The molecule has 1 aromatic carbocycles. The Balaban J connectivity index is 0.00000144. The van der Waals surface area contributed by atoms with Gasteiger partial charge in [-0.05, 0) is 32.0 Å². The molecule has 0 bridgehead atoms. The van der Waals surface area contributed by atoms with Gasteiger partial charge in [0.05, 0.1) is 5.56 Å². The molecule has 1 atom stereocenters. The largest absolute Gasteiger partial charge is 0.487 e. The topological polar surface area (TPSA) is 72.6 Å². The fourth-order valence-electron chi connectivity index (χ4n) is 2.04. The first kappa shape index (κ1) is 13.8. The van der Waals surface area contributed by atoms with Crippen molar-refractivity contribution >= 4 is 18.4 Å². The summed E-state index contributed by atoms with van der Waals surface area (Å²) >= 11 is 0. The minimum absolute atomic E-state index is 0. The van der Waals surface area contributed by atoms with Crippen LogP contribution in [0, 0.1) is 0 Å². The van der Waals surface area contributed by atoms with Gasteiger partial charge < -0.3 is 15.6 Å². The number of hydrogen-bond acceptors (Lipinski definition) is 3. The van der Waals surface area contributed by atoms with E-state index in [0.29, 0.717) is 12.2 Å². The van der Waals surface area contributed by atoms with Crippen LogP contribution in [0.15, 0.2) is 18.2 Å². The van der Waals surface area contributed by atoms with Crippen LogP contribution in [0.25, 0.3) is 0 Å². The minimum atomic E-state index is -0.945. The van der Waals surface area contributed by atoms with Crippen molar-refractivity contribution in [3.8, 4) is 5.75 Å². The number of nitrogens with two attached hydrogens (primary N) is 1. The van der Waals surface area contributed by atoms with Gasteiger partial charge in [0.25, 0.3) is 0 Å². The number of carboxylic acid groups (broad SMARTS) is 1. The average molecular weight is 258 g/mol. The number of hydrogen-bond donors (Lipinski definition) is 2. The third-order valence-electron chi connectivity index (χ3n) is 2.75. The van der Waals surface area contributed by atoms with Gasteiger partial charge in [-0.3, -0.25) is 0 Å². The highest BCUT2D eigenvalue weighted by atomic mass is 35.5. The predicted molar refractivity (Wildman–Crippen MR) is 66.9 cm³/mol. The lowest BCUT2D eigenvalue weighted by atomic mass is 9.89. The molecule has 1 aliphatic heterocycles. The minimum Gasteiger partial charge on any atom is -0.487 e. The Morgan fingerprint density at radius 2 is 2.18 bits per heavy atom. The smallest absolute Gasteiger partial charge is 0.335 e. The maximum absolute atomic E-state index is 10.8. The van der Waals surface area contributed by atoms with Crippen molar-refractivity contribution in [2.75, 3.05) is 0 Å². The van der Waals surface area contributed by atoms with E-state index in [4.69, 9.17) is 15.6 Å². The molecular formula is C12H16ClNO3. The Hall–Kier alpha value is -1.26. The Labute approximate surface area is 106 Å². The van der Waals surface area contributed by atoms with E-state index in [2.05, 4.69) is 0 Å². The third-order valence-corrected chi connectivity index (χ3v) is 2.75. The van der Waals surface area contributed by atoms with Crippen LogP contribution < -0.4 is 10.5 Å². The number of ether oxygens (including phenoxy) is 1. The molecule has 1 aliphatic rings. The SMILES string of the molecule is CC1(C)CC(N)c2cc(C(=O)O)ccc2O1.Cl. The number of halogens is 1. The highest BCUT2D eigenvalue weighted by Crippen LogP contribution is 2.38. The fourth-order valence-corrected chi connectivity index (χ4v) is 2.04. The van der Waals surface area contributed by atoms with Gasteiger partial charge >= 0.3 is 5.97 Å². The molecule has 2 rings (SSSR count). The normalized spacial score (nSPS) is 20.8. The fraction of sp³-hybridized carbons (Fsp3) is 0.417. The van der Waals surface area contributed by atoms with Crippen molar-refractivity contribution < 1.29 is 14.6 Å². The maximum atomic E-state index is 10.8. The van der Waals surface area contributed by atoms with Gasteiger partial charge in [-0.25, -0.2) is 4.79 Å². The average Bonchev–Trinajstić information content (AvgIpc) is 2.15. The summed E-state index contributed by atoms with van der Waals surface area (Å²) in [6.45, 7) is 3.95. The van der Waals surface area contributed by atoms with E-state index >= 15 is 0 Å². The van der Waals surface area contributed by atoms with Gasteiger partial charge in [-0.2, -0.15) is 0 Å². The lowest BCUT2D eigenvalue weighted by molar-refractivity contribution is 0.0690.